The van der Waals surface area contributed by atoms with E-state index < -0.39 is 57.8 Å². The zero-order valence-corrected chi connectivity index (χ0v) is 66.3. The zero-order valence-electron chi connectivity index (χ0n) is 66.3. The molecule has 19 rings (SSSR count). The molecule has 0 nitrogen and oxygen atoms in total. The summed E-state index contributed by atoms with van der Waals surface area (Å²) in [6, 6.07) is 45.1. The molecule has 0 amide bonds. The maximum Gasteiger partial charge on any atom is 0.416 e. The van der Waals surface area contributed by atoms with Crippen LogP contribution in [0.1, 0.15) is 252 Å². The van der Waals surface area contributed by atoms with E-state index in [0.717, 1.165) is 262 Å². The number of rotatable bonds is 30. The second-order valence-corrected chi connectivity index (χ2v) is 34.8. The summed E-state index contributed by atoms with van der Waals surface area (Å²) < 4.78 is 198. The monoisotopic (exact) mass is 1570 g/mol. The van der Waals surface area contributed by atoms with E-state index in [2.05, 4.69) is 88.4 Å². The molecule has 0 aliphatic heterocycles. The molecule has 0 aromatic heterocycles. The lowest BCUT2D eigenvalue weighted by Gasteiger charge is -2.33. The molecule has 0 bridgehead atoms. The van der Waals surface area contributed by atoms with Crippen LogP contribution < -0.4 is 0 Å². The van der Waals surface area contributed by atoms with Crippen LogP contribution in [0.2, 0.25) is 0 Å². The van der Waals surface area contributed by atoms with Gasteiger partial charge in [0.15, 0.2) is 0 Å². The first-order valence-corrected chi connectivity index (χ1v) is 43.1. The Morgan fingerprint density at radius 3 is 0.638 bits per heavy atom. The molecule has 2 aliphatic carbocycles. The van der Waals surface area contributed by atoms with Crippen molar-refractivity contribution >= 4 is 129 Å². The lowest BCUT2D eigenvalue weighted by Crippen LogP contribution is -2.25. The average Bonchev–Trinajstić information content (AvgIpc) is 0.808. The Morgan fingerprint density at radius 1 is 0.198 bits per heavy atom. The summed E-state index contributed by atoms with van der Waals surface area (Å²) in [5.74, 6) is 0. The Bertz CT molecular complexity index is 5920. The van der Waals surface area contributed by atoms with Gasteiger partial charge in [-0.3, -0.25) is 0 Å². The summed E-state index contributed by atoms with van der Waals surface area (Å²) >= 11 is 0. The third-order valence-corrected chi connectivity index (χ3v) is 27.9. The third-order valence-electron chi connectivity index (χ3n) is 27.9. The molecule has 0 atom stereocenters. The highest BCUT2D eigenvalue weighted by atomic mass is 19.4. The van der Waals surface area contributed by atoms with Crippen LogP contribution in [0.25, 0.3) is 174 Å². The molecular weight excluding hydrogens is 1480 g/mol. The number of hydrogen-bond acceptors (Lipinski definition) is 0. The van der Waals surface area contributed by atoms with E-state index in [0.29, 0.717) is 65.3 Å². The van der Waals surface area contributed by atoms with Gasteiger partial charge in [0.05, 0.1) is 22.3 Å². The van der Waals surface area contributed by atoms with Crippen LogP contribution in [-0.2, 0) is 35.5 Å². The normalized spacial score (nSPS) is 14.6. The summed E-state index contributed by atoms with van der Waals surface area (Å²) in [6.07, 6.45) is 9.03. The molecule has 12 heteroatoms. The quantitative estimate of drug-likeness (QED) is 0.0182. The van der Waals surface area contributed by atoms with Crippen molar-refractivity contribution in [2.24, 2.45) is 0 Å². The van der Waals surface area contributed by atoms with Crippen LogP contribution in [0.5, 0.6) is 0 Å². The van der Waals surface area contributed by atoms with Gasteiger partial charge in [0.2, 0.25) is 0 Å². The van der Waals surface area contributed by atoms with Crippen LogP contribution >= 0.6 is 0 Å². The SMILES string of the molecule is CCCCCCCCC1(CCCCCCCC)c2ccccc2-c2ccc(-c3cc4c5cc(C(F)(F)F)cc6c7cc(C(F)(F)F)cc8c9cc(-c%10ccc%11c(c%10)C(CCCCCCCC)(CCCCCCCC)c%10ccccc%10-%11)cc%10c%11cc(C(F)(F)F)cc%12c%13cc(C(F)(F)F)cc%14c(c3)c4c3c(c56)c(c87)c(c9%10)c(c%11%12)c3c%14%13)cc21. The molecular formula is C104H94F12. The predicted molar refractivity (Wildman–Crippen MR) is 459 cm³/mol. The highest BCUT2D eigenvalue weighted by molar-refractivity contribution is 6.61. The van der Waals surface area contributed by atoms with Gasteiger partial charge in [0.25, 0.3) is 0 Å². The minimum Gasteiger partial charge on any atom is -0.166 e. The van der Waals surface area contributed by atoms with Crippen LogP contribution in [0.3, 0.4) is 0 Å². The van der Waals surface area contributed by atoms with Gasteiger partial charge in [-0.05, 0) is 307 Å². The predicted octanol–water partition coefficient (Wildman–Crippen LogP) is 35.1. The van der Waals surface area contributed by atoms with Crippen LogP contribution in [0.4, 0.5) is 52.7 Å². The molecule has 0 heterocycles. The van der Waals surface area contributed by atoms with Crippen molar-refractivity contribution in [1.82, 2.24) is 0 Å². The number of unbranched alkanes of at least 4 members (excludes halogenated alkanes) is 20. The lowest BCUT2D eigenvalue weighted by atomic mass is 9.70. The van der Waals surface area contributed by atoms with Crippen molar-refractivity contribution in [1.29, 1.82) is 0 Å². The summed E-state index contributed by atoms with van der Waals surface area (Å²) in [5, 5.41) is 5.30. The van der Waals surface area contributed by atoms with Gasteiger partial charge in [-0.15, -0.1) is 0 Å². The van der Waals surface area contributed by atoms with Gasteiger partial charge in [0, 0.05) is 10.8 Å². The molecule has 594 valence electrons. The fourth-order valence-electron chi connectivity index (χ4n) is 22.7. The summed E-state index contributed by atoms with van der Waals surface area (Å²) in [4.78, 5) is 0. The number of benzene rings is 17. The van der Waals surface area contributed by atoms with Crippen molar-refractivity contribution in [2.45, 2.75) is 243 Å². The Balaban J connectivity index is 0.935. The highest BCUT2D eigenvalue weighted by Crippen LogP contribution is 2.65. The van der Waals surface area contributed by atoms with Gasteiger partial charge in [-0.2, -0.15) is 52.7 Å². The molecule has 17 aromatic rings. The fourth-order valence-corrected chi connectivity index (χ4v) is 22.7. The standard InChI is InChI=1S/C104H94F12/c1-5-9-13-17-21-29-41-99(42-30-22-18-14-10-6-2)83-35-27-25-33-67(83)69-39-37-59(49-85(69)99)61-45-71-75-51-63(101(105,106)107)55-79-81-57-65(103(111,112)113)53-77-73-47-62(60-38-40-70-68-34-26-28-36-84(68)100(86(70)50-60,43-31-23-19-15-11-7-3)44-32-24-20-16-12-8-4)48-74-78-54-66(104(114,115)116)58-82-80-56-64(102(108,109)110)52-76-72(46-61)87(71)93-95(89(75)79)97(91(77)81)94(88(73)74)98(92(78)82)96(93)90(76)80/h25-28,33-40,45-58H,5-24,29-32,41-44H2,1-4H3. The van der Waals surface area contributed by atoms with Crippen molar-refractivity contribution in [3.63, 3.8) is 0 Å². The number of fused-ring (bicyclic) bond motifs is 12. The number of alkyl halides is 12. The molecule has 0 unspecified atom stereocenters. The van der Waals surface area contributed by atoms with E-state index in [1.807, 2.05) is 48.5 Å². The number of hydrogen-bond donors (Lipinski definition) is 0. The molecule has 116 heavy (non-hydrogen) atoms. The Hall–Kier alpha value is -9.42. The first kappa shape index (κ1) is 76.5. The van der Waals surface area contributed by atoms with Crippen LogP contribution in [-0.4, -0.2) is 0 Å². The Kier molecular flexibility index (Phi) is 18.9. The maximum atomic E-state index is 16.5. The van der Waals surface area contributed by atoms with Crippen molar-refractivity contribution in [3.05, 3.63) is 202 Å². The Labute approximate surface area is 668 Å². The molecule has 0 fully saturated rings. The van der Waals surface area contributed by atoms with E-state index in [-0.39, 0.29) is 86.2 Å². The second kappa shape index (κ2) is 28.7. The van der Waals surface area contributed by atoms with E-state index in [4.69, 9.17) is 0 Å². The fraction of sp³-hybridized carbons (Fsp3) is 0.365. The average molecular weight is 1570 g/mol. The lowest BCUT2D eigenvalue weighted by molar-refractivity contribution is -0.138. The smallest absolute Gasteiger partial charge is 0.166 e. The van der Waals surface area contributed by atoms with E-state index in [1.165, 1.54) is 11.1 Å². The van der Waals surface area contributed by atoms with Gasteiger partial charge in [-0.1, -0.05) is 255 Å². The first-order valence-electron chi connectivity index (χ1n) is 43.1. The molecule has 0 N–H and O–H groups in total. The largest absolute Gasteiger partial charge is 0.416 e. The minimum absolute atomic E-state index is 0.0601. The van der Waals surface area contributed by atoms with Crippen molar-refractivity contribution in [3.8, 4) is 44.5 Å². The van der Waals surface area contributed by atoms with Crippen molar-refractivity contribution < 1.29 is 52.7 Å². The highest BCUT2D eigenvalue weighted by Gasteiger charge is 2.46. The van der Waals surface area contributed by atoms with Crippen molar-refractivity contribution in [2.75, 3.05) is 0 Å². The van der Waals surface area contributed by atoms with Crippen LogP contribution in [0, 0.1) is 0 Å². The minimum atomic E-state index is -5.06. The maximum absolute atomic E-state index is 16.5. The van der Waals surface area contributed by atoms with E-state index >= 15 is 52.7 Å². The van der Waals surface area contributed by atoms with Gasteiger partial charge in [-0.25, -0.2) is 0 Å². The van der Waals surface area contributed by atoms with Crippen LogP contribution in [0.15, 0.2) is 158 Å². The molecule has 0 radical (unpaired) electrons. The summed E-state index contributed by atoms with van der Waals surface area (Å²) in [5.41, 5.74) is 5.91. The Morgan fingerprint density at radius 2 is 0.405 bits per heavy atom. The summed E-state index contributed by atoms with van der Waals surface area (Å²) in [7, 11) is 0. The molecule has 0 saturated carbocycles. The molecule has 17 aromatic carbocycles. The first-order chi connectivity index (χ1) is 55.9. The van der Waals surface area contributed by atoms with Gasteiger partial charge >= 0.3 is 24.7 Å². The van der Waals surface area contributed by atoms with E-state index in [1.54, 1.807) is 0 Å². The molecule has 2 aliphatic rings. The summed E-state index contributed by atoms with van der Waals surface area (Å²) in [6.45, 7) is 8.80. The van der Waals surface area contributed by atoms with Gasteiger partial charge < -0.3 is 0 Å². The third kappa shape index (κ3) is 11.9. The topological polar surface area (TPSA) is 0 Å². The molecule has 0 spiro atoms. The number of halogens is 12. The van der Waals surface area contributed by atoms with E-state index in [9.17, 15) is 0 Å². The zero-order chi connectivity index (χ0) is 80.3. The molecule has 0 saturated heterocycles. The van der Waals surface area contributed by atoms with Gasteiger partial charge in [0.1, 0.15) is 0 Å². The second-order valence-electron chi connectivity index (χ2n) is 34.8.